The van der Waals surface area contributed by atoms with Crippen LogP contribution in [0.3, 0.4) is 0 Å². The summed E-state index contributed by atoms with van der Waals surface area (Å²) in [4.78, 5) is 21.9. The summed E-state index contributed by atoms with van der Waals surface area (Å²) in [6.07, 6.45) is -3.64. The molecule has 6 heteroatoms. The van der Waals surface area contributed by atoms with Crippen LogP contribution in [0.4, 0.5) is 4.39 Å². The van der Waals surface area contributed by atoms with E-state index in [1.165, 1.54) is 13.8 Å². The van der Waals surface area contributed by atoms with E-state index >= 15 is 0 Å². The number of hydrogen-bond donors (Lipinski definition) is 0. The van der Waals surface area contributed by atoms with E-state index in [1.807, 2.05) is 6.92 Å². The Morgan fingerprint density at radius 1 is 1.22 bits per heavy atom. The van der Waals surface area contributed by atoms with Crippen LogP contribution < -0.4 is 0 Å². The third kappa shape index (κ3) is 3.41. The zero-order valence-electron chi connectivity index (χ0n) is 11.0. The molecule has 0 spiro atoms. The predicted octanol–water partition coefficient (Wildman–Crippen LogP) is 1.59. The van der Waals surface area contributed by atoms with Crippen LogP contribution >= 0.6 is 0 Å². The lowest BCUT2D eigenvalue weighted by Crippen LogP contribution is -2.54. The molecule has 0 aromatic rings. The second-order valence-corrected chi connectivity index (χ2v) is 4.44. The van der Waals surface area contributed by atoms with Gasteiger partial charge in [-0.15, -0.1) is 0 Å². The lowest BCUT2D eigenvalue weighted by Gasteiger charge is -2.40. The molecule has 1 aliphatic heterocycles. The highest BCUT2D eigenvalue weighted by molar-refractivity contribution is 5.66. The first-order chi connectivity index (χ1) is 8.36. The maximum atomic E-state index is 14.1. The molecule has 1 rings (SSSR count). The van der Waals surface area contributed by atoms with Crippen molar-refractivity contribution in [1.29, 1.82) is 0 Å². The van der Waals surface area contributed by atoms with Gasteiger partial charge < -0.3 is 14.2 Å². The van der Waals surface area contributed by atoms with E-state index in [2.05, 4.69) is 0 Å². The molecule has 0 amide bonds. The summed E-state index contributed by atoms with van der Waals surface area (Å²) in [6.45, 7) is 6.01. The second kappa shape index (κ2) is 6.13. The van der Waals surface area contributed by atoms with E-state index in [0.29, 0.717) is 6.42 Å². The van der Waals surface area contributed by atoms with Gasteiger partial charge in [-0.25, -0.2) is 4.39 Å². The lowest BCUT2D eigenvalue weighted by atomic mass is 9.90. The van der Waals surface area contributed by atoms with E-state index in [0.717, 1.165) is 0 Å². The van der Waals surface area contributed by atoms with Crippen molar-refractivity contribution >= 4 is 11.9 Å². The highest BCUT2D eigenvalue weighted by atomic mass is 19.1. The molecule has 0 aromatic heterocycles. The van der Waals surface area contributed by atoms with Crippen molar-refractivity contribution in [2.75, 3.05) is 0 Å². The predicted molar refractivity (Wildman–Crippen MR) is 60.3 cm³/mol. The Hall–Kier alpha value is -1.17. The van der Waals surface area contributed by atoms with Gasteiger partial charge in [-0.2, -0.15) is 0 Å². The number of alkyl halides is 1. The fourth-order valence-corrected chi connectivity index (χ4v) is 2.12. The zero-order valence-corrected chi connectivity index (χ0v) is 11.0. The number of esters is 2. The Bertz CT molecular complexity index is 320. The molecule has 0 unspecified atom stereocenters. The molecule has 0 bridgehead atoms. The topological polar surface area (TPSA) is 61.8 Å². The van der Waals surface area contributed by atoms with E-state index < -0.39 is 30.5 Å². The molecular formula is C12H19FO5. The average molecular weight is 262 g/mol. The Balaban J connectivity index is 2.84. The third-order valence-electron chi connectivity index (χ3n) is 2.97. The lowest BCUT2D eigenvalue weighted by molar-refractivity contribution is -0.262. The standard InChI is InChI=1S/C12H19FO5/c1-5-9-6(2)11(16-7(3)14)10(13)12(18-9)17-8(4)15/h6,9-12H,5H2,1-4H3/t6-,9-,10+,11+,12+/m1/s1. The molecule has 104 valence electrons. The summed E-state index contributed by atoms with van der Waals surface area (Å²) < 4.78 is 29.2. The molecule has 1 saturated heterocycles. The van der Waals surface area contributed by atoms with E-state index in [4.69, 9.17) is 14.2 Å². The summed E-state index contributed by atoms with van der Waals surface area (Å²) in [5.74, 6) is -1.48. The highest BCUT2D eigenvalue weighted by Gasteiger charge is 2.47. The third-order valence-corrected chi connectivity index (χ3v) is 2.97. The van der Waals surface area contributed by atoms with Crippen LogP contribution in [0.2, 0.25) is 0 Å². The number of carbonyl (C=O) groups is 2. The molecule has 5 nitrogen and oxygen atoms in total. The van der Waals surface area contributed by atoms with Gasteiger partial charge in [0.15, 0.2) is 6.17 Å². The molecule has 5 atom stereocenters. The Kier molecular flexibility index (Phi) is 5.07. The van der Waals surface area contributed by atoms with Crippen molar-refractivity contribution in [2.24, 2.45) is 5.92 Å². The van der Waals surface area contributed by atoms with E-state index in [-0.39, 0.29) is 12.0 Å². The quantitative estimate of drug-likeness (QED) is 0.723. The van der Waals surface area contributed by atoms with E-state index in [9.17, 15) is 14.0 Å². The average Bonchev–Trinajstić information content (AvgIpc) is 2.27. The first-order valence-electron chi connectivity index (χ1n) is 6.00. The fourth-order valence-electron chi connectivity index (χ4n) is 2.12. The summed E-state index contributed by atoms with van der Waals surface area (Å²) in [6, 6.07) is 0. The molecule has 1 fully saturated rings. The Morgan fingerprint density at radius 2 is 1.78 bits per heavy atom. The molecular weight excluding hydrogens is 243 g/mol. The summed E-state index contributed by atoms with van der Waals surface area (Å²) >= 11 is 0. The van der Waals surface area contributed by atoms with Gasteiger partial charge in [0.2, 0.25) is 6.29 Å². The maximum absolute atomic E-state index is 14.1. The van der Waals surface area contributed by atoms with Crippen LogP contribution in [0.15, 0.2) is 0 Å². The number of ether oxygens (including phenoxy) is 3. The fraction of sp³-hybridized carbons (Fsp3) is 0.833. The molecule has 1 aliphatic rings. The summed E-state index contributed by atoms with van der Waals surface area (Å²) in [7, 11) is 0. The number of carbonyl (C=O) groups excluding carboxylic acids is 2. The summed E-state index contributed by atoms with van der Waals surface area (Å²) in [5.41, 5.74) is 0. The van der Waals surface area contributed by atoms with Gasteiger partial charge in [0.05, 0.1) is 6.10 Å². The smallest absolute Gasteiger partial charge is 0.305 e. The Labute approximate surface area is 106 Å². The van der Waals surface area contributed by atoms with Crippen LogP contribution in [-0.4, -0.2) is 36.6 Å². The first-order valence-corrected chi connectivity index (χ1v) is 6.00. The van der Waals surface area contributed by atoms with Crippen molar-refractivity contribution in [3.05, 3.63) is 0 Å². The van der Waals surface area contributed by atoms with Gasteiger partial charge in [-0.3, -0.25) is 9.59 Å². The van der Waals surface area contributed by atoms with Gasteiger partial charge >= 0.3 is 11.9 Å². The van der Waals surface area contributed by atoms with Crippen LogP contribution in [0.5, 0.6) is 0 Å². The van der Waals surface area contributed by atoms with Gasteiger partial charge in [0.1, 0.15) is 6.10 Å². The van der Waals surface area contributed by atoms with Crippen molar-refractivity contribution in [1.82, 2.24) is 0 Å². The van der Waals surface area contributed by atoms with E-state index in [1.54, 1.807) is 6.92 Å². The minimum atomic E-state index is -1.67. The largest absolute Gasteiger partial charge is 0.459 e. The highest BCUT2D eigenvalue weighted by Crippen LogP contribution is 2.32. The first kappa shape index (κ1) is 14.9. The monoisotopic (exact) mass is 262 g/mol. The molecule has 0 aromatic carbocycles. The normalized spacial score (nSPS) is 35.9. The summed E-state index contributed by atoms with van der Waals surface area (Å²) in [5, 5.41) is 0. The number of rotatable bonds is 3. The SMILES string of the molecule is CC[C@H]1O[C@H](OC(C)=O)[C@@H](F)[C@@H](OC(C)=O)[C@@H]1C. The molecule has 0 radical (unpaired) electrons. The van der Waals surface area contributed by atoms with Crippen molar-refractivity contribution in [3.8, 4) is 0 Å². The van der Waals surface area contributed by atoms with Gasteiger partial charge in [0.25, 0.3) is 0 Å². The minimum Gasteiger partial charge on any atom is -0.459 e. The number of halogens is 1. The van der Waals surface area contributed by atoms with Gasteiger partial charge in [-0.05, 0) is 6.42 Å². The van der Waals surface area contributed by atoms with Crippen molar-refractivity contribution in [2.45, 2.75) is 58.8 Å². The molecule has 1 heterocycles. The van der Waals surface area contributed by atoms with Gasteiger partial charge in [-0.1, -0.05) is 13.8 Å². The van der Waals surface area contributed by atoms with Crippen LogP contribution in [0, 0.1) is 5.92 Å². The van der Waals surface area contributed by atoms with Gasteiger partial charge in [0, 0.05) is 19.8 Å². The number of hydrogen-bond acceptors (Lipinski definition) is 5. The minimum absolute atomic E-state index is 0.291. The second-order valence-electron chi connectivity index (χ2n) is 4.44. The van der Waals surface area contributed by atoms with Crippen molar-refractivity contribution < 1.29 is 28.2 Å². The van der Waals surface area contributed by atoms with Crippen LogP contribution in [0.1, 0.15) is 34.1 Å². The van der Waals surface area contributed by atoms with Crippen molar-refractivity contribution in [3.63, 3.8) is 0 Å². The molecule has 18 heavy (non-hydrogen) atoms. The Morgan fingerprint density at radius 3 is 2.22 bits per heavy atom. The van der Waals surface area contributed by atoms with Crippen LogP contribution in [0.25, 0.3) is 0 Å². The maximum Gasteiger partial charge on any atom is 0.305 e. The molecule has 0 saturated carbocycles. The van der Waals surface area contributed by atoms with Crippen LogP contribution in [-0.2, 0) is 23.8 Å². The molecule has 0 N–H and O–H groups in total. The molecule has 0 aliphatic carbocycles. The zero-order chi connectivity index (χ0) is 13.9.